The smallest absolute Gasteiger partial charge is 0.257 e. The number of benzene rings is 1. The average molecular weight is 285 g/mol. The zero-order chi connectivity index (χ0) is 14.8. The highest BCUT2D eigenvalue weighted by Crippen LogP contribution is 2.31. The minimum atomic E-state index is 0.0570. The Balaban J connectivity index is 2.05. The molecule has 0 N–H and O–H groups in total. The largest absolute Gasteiger partial charge is 0.496 e. The molecule has 0 atom stereocenters. The molecule has 0 aliphatic carbocycles. The Morgan fingerprint density at radius 2 is 1.95 bits per heavy atom. The summed E-state index contributed by atoms with van der Waals surface area (Å²) >= 11 is 0. The Hall–Kier alpha value is -2.30. The lowest BCUT2D eigenvalue weighted by molar-refractivity contribution is 0.0793. The van der Waals surface area contributed by atoms with Gasteiger partial charge in [-0.25, -0.2) is 0 Å². The third kappa shape index (κ3) is 2.51. The van der Waals surface area contributed by atoms with Gasteiger partial charge >= 0.3 is 0 Å². The summed E-state index contributed by atoms with van der Waals surface area (Å²) in [4.78, 5) is 14.6. The molecular weight excluding hydrogens is 266 g/mol. The van der Waals surface area contributed by atoms with Gasteiger partial charge in [0.1, 0.15) is 11.4 Å². The van der Waals surface area contributed by atoms with Crippen LogP contribution in [-0.2, 0) is 7.05 Å². The number of carbonyl (C=O) groups is 1. The first-order valence-corrected chi connectivity index (χ1v) is 7.17. The molecule has 1 amide bonds. The third-order valence-corrected chi connectivity index (χ3v) is 3.81. The molecule has 110 valence electrons. The highest BCUT2D eigenvalue weighted by Gasteiger charge is 2.25. The Bertz CT molecular complexity index is 657. The molecule has 1 aliphatic heterocycles. The van der Waals surface area contributed by atoms with Crippen LogP contribution in [-0.4, -0.2) is 40.8 Å². The lowest BCUT2D eigenvalue weighted by atomic mass is 10.1. The van der Waals surface area contributed by atoms with Crippen molar-refractivity contribution in [3.63, 3.8) is 0 Å². The van der Waals surface area contributed by atoms with Crippen LogP contribution in [0, 0.1) is 0 Å². The molecule has 0 unspecified atom stereocenters. The molecule has 21 heavy (non-hydrogen) atoms. The Labute approximate surface area is 124 Å². The number of carbonyl (C=O) groups excluding carboxylic acids is 1. The molecule has 1 aromatic heterocycles. The number of aromatic nitrogens is 2. The van der Waals surface area contributed by atoms with Gasteiger partial charge in [-0.1, -0.05) is 12.1 Å². The molecule has 1 fully saturated rings. The van der Waals surface area contributed by atoms with E-state index in [0.717, 1.165) is 37.2 Å². The molecular formula is C16H19N3O2. The molecule has 0 saturated carbocycles. The number of para-hydroxylation sites is 1. The molecule has 3 rings (SSSR count). The van der Waals surface area contributed by atoms with Gasteiger partial charge in [-0.05, 0) is 25.0 Å². The first-order chi connectivity index (χ1) is 10.2. The molecule has 5 heteroatoms. The molecule has 1 aliphatic rings. The van der Waals surface area contributed by atoms with Crippen molar-refractivity contribution in [2.45, 2.75) is 12.8 Å². The lowest BCUT2D eigenvalue weighted by Gasteiger charge is -2.15. The maximum absolute atomic E-state index is 12.7. The summed E-state index contributed by atoms with van der Waals surface area (Å²) in [5.74, 6) is 0.785. The van der Waals surface area contributed by atoms with Crippen LogP contribution in [0.3, 0.4) is 0 Å². The van der Waals surface area contributed by atoms with Crippen LogP contribution in [0.25, 0.3) is 11.3 Å². The Morgan fingerprint density at radius 3 is 2.67 bits per heavy atom. The Kier molecular flexibility index (Phi) is 3.64. The van der Waals surface area contributed by atoms with E-state index in [0.29, 0.717) is 11.3 Å². The highest BCUT2D eigenvalue weighted by atomic mass is 16.5. The van der Waals surface area contributed by atoms with Crippen molar-refractivity contribution in [2.24, 2.45) is 7.05 Å². The molecule has 2 heterocycles. The van der Waals surface area contributed by atoms with Crippen LogP contribution < -0.4 is 4.74 Å². The summed E-state index contributed by atoms with van der Waals surface area (Å²) in [6.45, 7) is 1.66. The van der Waals surface area contributed by atoms with Crippen molar-refractivity contribution in [2.75, 3.05) is 20.2 Å². The predicted molar refractivity (Wildman–Crippen MR) is 80.3 cm³/mol. The van der Waals surface area contributed by atoms with Crippen molar-refractivity contribution < 1.29 is 9.53 Å². The van der Waals surface area contributed by atoms with Crippen molar-refractivity contribution >= 4 is 5.91 Å². The maximum Gasteiger partial charge on any atom is 0.257 e. The standard InChI is InChI=1S/C16H19N3O2/c1-18-11-13(16(20)19-9-5-6-10-19)15(17-18)12-7-3-4-8-14(12)21-2/h3-4,7-8,11H,5-6,9-10H2,1-2H3. The lowest BCUT2D eigenvalue weighted by Crippen LogP contribution is -2.27. The van der Waals surface area contributed by atoms with E-state index in [2.05, 4.69) is 5.10 Å². The van der Waals surface area contributed by atoms with Crippen molar-refractivity contribution in [1.29, 1.82) is 0 Å². The SMILES string of the molecule is COc1ccccc1-c1nn(C)cc1C(=O)N1CCCC1. The van der Waals surface area contributed by atoms with Gasteiger partial charge in [-0.3, -0.25) is 9.48 Å². The second kappa shape index (κ2) is 5.60. The van der Waals surface area contributed by atoms with E-state index >= 15 is 0 Å². The van der Waals surface area contributed by atoms with Gasteiger partial charge in [-0.2, -0.15) is 5.10 Å². The van der Waals surface area contributed by atoms with E-state index < -0.39 is 0 Å². The first kappa shape index (κ1) is 13.7. The Morgan fingerprint density at radius 1 is 1.24 bits per heavy atom. The van der Waals surface area contributed by atoms with Crippen LogP contribution in [0.5, 0.6) is 5.75 Å². The quantitative estimate of drug-likeness (QED) is 0.869. The second-order valence-corrected chi connectivity index (χ2v) is 5.26. The molecule has 1 saturated heterocycles. The second-order valence-electron chi connectivity index (χ2n) is 5.26. The number of rotatable bonds is 3. The fourth-order valence-electron chi connectivity index (χ4n) is 2.77. The number of nitrogens with zero attached hydrogens (tertiary/aromatic N) is 3. The van der Waals surface area contributed by atoms with E-state index in [-0.39, 0.29) is 5.91 Å². The van der Waals surface area contributed by atoms with E-state index in [1.807, 2.05) is 36.2 Å². The van der Waals surface area contributed by atoms with Crippen LogP contribution >= 0.6 is 0 Å². The van der Waals surface area contributed by atoms with Gasteiger partial charge in [0.25, 0.3) is 5.91 Å². The maximum atomic E-state index is 12.7. The number of methoxy groups -OCH3 is 1. The highest BCUT2D eigenvalue weighted by molar-refractivity contribution is 6.00. The molecule has 1 aromatic carbocycles. The van der Waals surface area contributed by atoms with Gasteiger partial charge in [0, 0.05) is 31.9 Å². The van der Waals surface area contributed by atoms with Gasteiger partial charge in [0.15, 0.2) is 0 Å². The van der Waals surface area contributed by atoms with E-state index in [4.69, 9.17) is 4.74 Å². The van der Waals surface area contributed by atoms with Gasteiger partial charge in [0.05, 0.1) is 12.7 Å². The van der Waals surface area contributed by atoms with Crippen LogP contribution in [0.15, 0.2) is 30.5 Å². The van der Waals surface area contributed by atoms with Crippen LogP contribution in [0.2, 0.25) is 0 Å². The van der Waals surface area contributed by atoms with Crippen molar-refractivity contribution in [3.05, 3.63) is 36.0 Å². The average Bonchev–Trinajstić information content (AvgIpc) is 3.16. The van der Waals surface area contributed by atoms with Gasteiger partial charge in [-0.15, -0.1) is 0 Å². The number of hydrogen-bond donors (Lipinski definition) is 0. The zero-order valence-corrected chi connectivity index (χ0v) is 12.4. The van der Waals surface area contributed by atoms with Crippen LogP contribution in [0.1, 0.15) is 23.2 Å². The molecule has 0 spiro atoms. The number of amides is 1. The van der Waals surface area contributed by atoms with Crippen molar-refractivity contribution in [1.82, 2.24) is 14.7 Å². The zero-order valence-electron chi connectivity index (χ0n) is 12.4. The summed E-state index contributed by atoms with van der Waals surface area (Å²) in [5.41, 5.74) is 2.18. The third-order valence-electron chi connectivity index (χ3n) is 3.81. The minimum Gasteiger partial charge on any atom is -0.496 e. The first-order valence-electron chi connectivity index (χ1n) is 7.17. The number of likely N-dealkylation sites (tertiary alicyclic amines) is 1. The monoisotopic (exact) mass is 285 g/mol. The number of ether oxygens (including phenoxy) is 1. The predicted octanol–water partition coefficient (Wildman–Crippen LogP) is 2.33. The molecule has 0 bridgehead atoms. The summed E-state index contributed by atoms with van der Waals surface area (Å²) < 4.78 is 7.08. The van der Waals surface area contributed by atoms with Crippen molar-refractivity contribution in [3.8, 4) is 17.0 Å². The van der Waals surface area contributed by atoms with Gasteiger partial charge in [0.2, 0.25) is 0 Å². The summed E-state index contributed by atoms with van der Waals surface area (Å²) in [6, 6.07) is 7.65. The summed E-state index contributed by atoms with van der Waals surface area (Å²) in [6.07, 6.45) is 3.95. The van der Waals surface area contributed by atoms with E-state index in [1.54, 1.807) is 18.0 Å². The topological polar surface area (TPSA) is 47.4 Å². The molecule has 0 radical (unpaired) electrons. The number of hydrogen-bond acceptors (Lipinski definition) is 3. The van der Waals surface area contributed by atoms with E-state index in [1.165, 1.54) is 0 Å². The fourth-order valence-corrected chi connectivity index (χ4v) is 2.77. The molecule has 5 nitrogen and oxygen atoms in total. The minimum absolute atomic E-state index is 0.0570. The summed E-state index contributed by atoms with van der Waals surface area (Å²) in [5, 5.41) is 4.47. The van der Waals surface area contributed by atoms with Crippen LogP contribution in [0.4, 0.5) is 0 Å². The summed E-state index contributed by atoms with van der Waals surface area (Å²) in [7, 11) is 3.46. The fraction of sp³-hybridized carbons (Fsp3) is 0.375. The van der Waals surface area contributed by atoms with Gasteiger partial charge < -0.3 is 9.64 Å². The molecule has 2 aromatic rings. The number of aryl methyl sites for hydroxylation is 1. The van der Waals surface area contributed by atoms with E-state index in [9.17, 15) is 4.79 Å². The normalized spacial score (nSPS) is 14.5.